The second-order valence-corrected chi connectivity index (χ2v) is 7.17. The molecule has 0 radical (unpaired) electrons. The second kappa shape index (κ2) is 7.09. The molecule has 1 aromatic carbocycles. The first-order valence-corrected chi connectivity index (χ1v) is 8.65. The topological polar surface area (TPSA) is 72.2 Å². The van der Waals surface area contributed by atoms with E-state index in [1.807, 2.05) is 20.8 Å². The van der Waals surface area contributed by atoms with Gasteiger partial charge in [-0.05, 0) is 50.5 Å². The number of hydrogen-bond acceptors (Lipinski definition) is 3. The summed E-state index contributed by atoms with van der Waals surface area (Å²) in [6.07, 6.45) is 4.13. The van der Waals surface area contributed by atoms with Gasteiger partial charge in [0.2, 0.25) is 10.0 Å². The van der Waals surface area contributed by atoms with E-state index in [1.54, 1.807) is 12.1 Å². The molecule has 20 heavy (non-hydrogen) atoms. The van der Waals surface area contributed by atoms with Crippen LogP contribution in [0, 0.1) is 13.8 Å². The Morgan fingerprint density at radius 1 is 1.20 bits per heavy atom. The molecule has 1 atom stereocenters. The summed E-state index contributed by atoms with van der Waals surface area (Å²) in [6.45, 7) is 7.83. The van der Waals surface area contributed by atoms with E-state index in [9.17, 15) is 8.42 Å². The van der Waals surface area contributed by atoms with Gasteiger partial charge in [-0.3, -0.25) is 0 Å². The minimum absolute atomic E-state index is 0.0763. The van der Waals surface area contributed by atoms with Crippen LogP contribution in [0.2, 0.25) is 0 Å². The zero-order chi connectivity index (χ0) is 15.3. The Morgan fingerprint density at radius 3 is 2.40 bits per heavy atom. The minimum Gasteiger partial charge on any atom is -0.398 e. The molecule has 0 amide bonds. The van der Waals surface area contributed by atoms with Crippen LogP contribution in [-0.2, 0) is 10.0 Å². The van der Waals surface area contributed by atoms with Crippen LogP contribution in [0.1, 0.15) is 50.7 Å². The fourth-order valence-corrected chi connectivity index (χ4v) is 3.61. The number of aryl methyl sites for hydroxylation is 2. The molecule has 0 saturated carbocycles. The lowest BCUT2D eigenvalue weighted by molar-refractivity contribution is 0.527. The summed E-state index contributed by atoms with van der Waals surface area (Å²) in [6, 6.07) is 3.28. The number of sulfonamides is 1. The minimum atomic E-state index is -3.54. The summed E-state index contributed by atoms with van der Waals surface area (Å²) in [5.41, 5.74) is 8.09. The molecule has 0 saturated heterocycles. The zero-order valence-corrected chi connectivity index (χ0v) is 13.7. The maximum Gasteiger partial charge on any atom is 0.242 e. The summed E-state index contributed by atoms with van der Waals surface area (Å²) < 4.78 is 27.4. The summed E-state index contributed by atoms with van der Waals surface area (Å²) in [4.78, 5) is 0.183. The molecule has 1 aromatic rings. The molecule has 0 fully saturated rings. The number of nitrogens with two attached hydrogens (primary N) is 1. The van der Waals surface area contributed by atoms with Gasteiger partial charge in [-0.1, -0.05) is 26.2 Å². The highest BCUT2D eigenvalue weighted by atomic mass is 32.2. The van der Waals surface area contributed by atoms with E-state index in [0.29, 0.717) is 5.69 Å². The van der Waals surface area contributed by atoms with Crippen molar-refractivity contribution in [3.8, 4) is 0 Å². The Hall–Kier alpha value is -1.07. The third-order valence-corrected chi connectivity index (χ3v) is 5.16. The molecular weight excluding hydrogens is 272 g/mol. The maximum atomic E-state index is 12.4. The van der Waals surface area contributed by atoms with Crippen LogP contribution in [0.25, 0.3) is 0 Å². The molecule has 0 aromatic heterocycles. The monoisotopic (exact) mass is 298 g/mol. The van der Waals surface area contributed by atoms with Crippen molar-refractivity contribution in [2.24, 2.45) is 0 Å². The summed E-state index contributed by atoms with van der Waals surface area (Å²) in [7, 11) is -3.54. The van der Waals surface area contributed by atoms with E-state index in [-0.39, 0.29) is 10.9 Å². The summed E-state index contributed by atoms with van der Waals surface area (Å²) in [5, 5.41) is 0. The normalized spacial score (nSPS) is 13.4. The lowest BCUT2D eigenvalue weighted by Crippen LogP contribution is -2.33. The highest BCUT2D eigenvalue weighted by molar-refractivity contribution is 7.89. The van der Waals surface area contributed by atoms with Gasteiger partial charge in [-0.25, -0.2) is 13.1 Å². The van der Waals surface area contributed by atoms with Crippen molar-refractivity contribution in [2.45, 2.75) is 64.3 Å². The molecule has 0 heterocycles. The van der Waals surface area contributed by atoms with E-state index in [0.717, 1.165) is 36.8 Å². The maximum absolute atomic E-state index is 12.4. The molecule has 4 nitrogen and oxygen atoms in total. The highest BCUT2D eigenvalue weighted by Gasteiger charge is 2.20. The third kappa shape index (κ3) is 4.49. The molecule has 3 N–H and O–H groups in total. The fourth-order valence-electron chi connectivity index (χ4n) is 2.13. The van der Waals surface area contributed by atoms with Gasteiger partial charge in [0.1, 0.15) is 4.90 Å². The Morgan fingerprint density at radius 2 is 1.80 bits per heavy atom. The summed E-state index contributed by atoms with van der Waals surface area (Å²) >= 11 is 0. The Kier molecular flexibility index (Phi) is 6.02. The van der Waals surface area contributed by atoms with Crippen molar-refractivity contribution in [3.05, 3.63) is 23.3 Å². The lowest BCUT2D eigenvalue weighted by atomic mass is 10.1. The van der Waals surface area contributed by atoms with Gasteiger partial charge in [-0.15, -0.1) is 0 Å². The molecule has 0 bridgehead atoms. The van der Waals surface area contributed by atoms with E-state index < -0.39 is 10.0 Å². The first-order chi connectivity index (χ1) is 9.27. The number of nitrogen functional groups attached to an aromatic ring is 1. The van der Waals surface area contributed by atoms with Gasteiger partial charge >= 0.3 is 0 Å². The number of unbranched alkanes of at least 4 members (excludes halogenated alkanes) is 2. The SMILES string of the molecule is CCCCCC(C)NS(=O)(=O)c1cc(C)c(C)cc1N. The molecule has 0 aliphatic heterocycles. The van der Waals surface area contributed by atoms with Crippen molar-refractivity contribution < 1.29 is 8.42 Å². The van der Waals surface area contributed by atoms with Gasteiger partial charge in [0.25, 0.3) is 0 Å². The van der Waals surface area contributed by atoms with Crippen molar-refractivity contribution >= 4 is 15.7 Å². The average Bonchev–Trinajstić information content (AvgIpc) is 2.33. The number of benzene rings is 1. The number of nitrogens with one attached hydrogen (secondary N) is 1. The first kappa shape index (κ1) is 17.0. The molecule has 0 aliphatic rings. The number of rotatable bonds is 7. The third-order valence-electron chi connectivity index (χ3n) is 3.51. The number of hydrogen-bond donors (Lipinski definition) is 2. The van der Waals surface area contributed by atoms with Crippen LogP contribution >= 0.6 is 0 Å². The van der Waals surface area contributed by atoms with Gasteiger partial charge in [0.15, 0.2) is 0 Å². The standard InChI is InChI=1S/C15H26N2O2S/c1-5-6-7-8-13(4)17-20(18,19)15-10-12(3)11(2)9-14(15)16/h9-10,13,17H,5-8,16H2,1-4H3. The first-order valence-electron chi connectivity index (χ1n) is 7.17. The Balaban J connectivity index is 2.86. The van der Waals surface area contributed by atoms with Crippen molar-refractivity contribution in [2.75, 3.05) is 5.73 Å². The van der Waals surface area contributed by atoms with Crippen molar-refractivity contribution in [1.29, 1.82) is 0 Å². The highest BCUT2D eigenvalue weighted by Crippen LogP contribution is 2.23. The molecule has 114 valence electrons. The molecule has 5 heteroatoms. The smallest absolute Gasteiger partial charge is 0.242 e. The Bertz CT molecular complexity index is 553. The molecule has 1 rings (SSSR count). The van der Waals surface area contributed by atoms with E-state index in [2.05, 4.69) is 11.6 Å². The zero-order valence-electron chi connectivity index (χ0n) is 12.9. The number of anilines is 1. The molecule has 1 unspecified atom stereocenters. The van der Waals surface area contributed by atoms with E-state index >= 15 is 0 Å². The quantitative estimate of drug-likeness (QED) is 0.600. The van der Waals surface area contributed by atoms with Gasteiger partial charge < -0.3 is 5.73 Å². The molecule has 0 spiro atoms. The second-order valence-electron chi connectivity index (χ2n) is 5.49. The van der Waals surface area contributed by atoms with Gasteiger partial charge in [0.05, 0.1) is 5.69 Å². The lowest BCUT2D eigenvalue weighted by Gasteiger charge is -2.16. The average molecular weight is 298 g/mol. The van der Waals surface area contributed by atoms with E-state index in [4.69, 9.17) is 5.73 Å². The van der Waals surface area contributed by atoms with Gasteiger partial charge in [-0.2, -0.15) is 0 Å². The molecular formula is C15H26N2O2S. The van der Waals surface area contributed by atoms with Crippen LogP contribution in [0.3, 0.4) is 0 Å². The van der Waals surface area contributed by atoms with Crippen LogP contribution < -0.4 is 10.5 Å². The van der Waals surface area contributed by atoms with Crippen molar-refractivity contribution in [3.63, 3.8) is 0 Å². The Labute approximate surface area is 122 Å². The van der Waals surface area contributed by atoms with Crippen molar-refractivity contribution in [1.82, 2.24) is 4.72 Å². The van der Waals surface area contributed by atoms with Crippen LogP contribution in [0.5, 0.6) is 0 Å². The largest absolute Gasteiger partial charge is 0.398 e. The molecule has 0 aliphatic carbocycles. The predicted molar refractivity (Wildman–Crippen MR) is 84.3 cm³/mol. The fraction of sp³-hybridized carbons (Fsp3) is 0.600. The van der Waals surface area contributed by atoms with Crippen LogP contribution in [0.4, 0.5) is 5.69 Å². The van der Waals surface area contributed by atoms with Crippen LogP contribution in [0.15, 0.2) is 17.0 Å². The van der Waals surface area contributed by atoms with Gasteiger partial charge in [0, 0.05) is 6.04 Å². The van der Waals surface area contributed by atoms with E-state index in [1.165, 1.54) is 0 Å². The predicted octanol–water partition coefficient (Wildman–Crippen LogP) is 3.13. The van der Waals surface area contributed by atoms with Crippen LogP contribution in [-0.4, -0.2) is 14.5 Å². The summed E-state index contributed by atoms with van der Waals surface area (Å²) in [5.74, 6) is 0.